The van der Waals surface area contributed by atoms with Gasteiger partial charge in [0.15, 0.2) is 0 Å². The van der Waals surface area contributed by atoms with Gasteiger partial charge in [0, 0.05) is 12.8 Å². The van der Waals surface area contributed by atoms with Gasteiger partial charge in [0.1, 0.15) is 32.5 Å². The molecule has 9 nitrogen and oxygen atoms in total. The molecule has 10 heteroatoms. The number of quaternary nitrogens is 1. The minimum Gasteiger partial charge on any atom is -0.756 e. The lowest BCUT2D eigenvalue weighted by molar-refractivity contribution is -0.870. The molecule has 0 rings (SSSR count). The fraction of sp³-hybridized carbons (Fsp3) is 0.950. The van der Waals surface area contributed by atoms with Gasteiger partial charge in [0.05, 0.1) is 21.1 Å². The van der Waals surface area contributed by atoms with Gasteiger partial charge < -0.3 is 27.9 Å². The number of rotatable bonds is 38. The number of nitrogens with zero attached hydrogens (tertiary/aromatic N) is 1. The van der Waals surface area contributed by atoms with Crippen LogP contribution in [0.5, 0.6) is 0 Å². The summed E-state index contributed by atoms with van der Waals surface area (Å²) in [5, 5.41) is 0. The summed E-state index contributed by atoms with van der Waals surface area (Å²) in [4.78, 5) is 37.4. The summed E-state index contributed by atoms with van der Waals surface area (Å²) in [7, 11) is 1.08. The average Bonchev–Trinajstić information content (AvgIpc) is 3.05. The van der Waals surface area contributed by atoms with E-state index in [0.717, 1.165) is 38.5 Å². The number of hydrogen-bond donors (Lipinski definition) is 0. The molecule has 1 atom stereocenters. The minimum absolute atomic E-state index is 0.0470. The molecule has 0 bridgehead atoms. The highest BCUT2D eigenvalue weighted by Gasteiger charge is 2.23. The third-order valence-electron chi connectivity index (χ3n) is 9.12. The molecule has 0 saturated carbocycles. The Labute approximate surface area is 308 Å². The summed E-state index contributed by atoms with van der Waals surface area (Å²) in [5.74, 6) is -0.821. The highest BCUT2D eigenvalue weighted by molar-refractivity contribution is 7.45. The molecule has 0 radical (unpaired) electrons. The Bertz CT molecular complexity index is 789. The molecule has 0 aliphatic rings. The van der Waals surface area contributed by atoms with Crippen molar-refractivity contribution in [2.45, 2.75) is 200 Å². The Hall–Kier alpha value is -0.990. The van der Waals surface area contributed by atoms with Crippen molar-refractivity contribution in [1.82, 2.24) is 0 Å². The van der Waals surface area contributed by atoms with Gasteiger partial charge >= 0.3 is 11.9 Å². The number of carbonyl (C=O) groups is 2. The smallest absolute Gasteiger partial charge is 0.305 e. The first kappa shape index (κ1) is 49.0. The van der Waals surface area contributed by atoms with Crippen LogP contribution < -0.4 is 4.89 Å². The van der Waals surface area contributed by atoms with Gasteiger partial charge in [-0.3, -0.25) is 14.2 Å². The Balaban J connectivity index is 4.33. The van der Waals surface area contributed by atoms with Crippen molar-refractivity contribution in [3.63, 3.8) is 0 Å². The second kappa shape index (κ2) is 33.8. The van der Waals surface area contributed by atoms with Gasteiger partial charge in [-0.05, 0) is 12.8 Å². The number of hydrogen-bond acceptors (Lipinski definition) is 8. The predicted molar refractivity (Wildman–Crippen MR) is 204 cm³/mol. The molecule has 1 unspecified atom stereocenters. The molecule has 0 fully saturated rings. The maximum Gasteiger partial charge on any atom is 0.305 e. The van der Waals surface area contributed by atoms with Crippen molar-refractivity contribution < 1.29 is 42.1 Å². The predicted octanol–water partition coefficient (Wildman–Crippen LogP) is 10.6. The molecule has 0 heterocycles. The number of phosphoric acid groups is 1. The van der Waals surface area contributed by atoms with Crippen molar-refractivity contribution in [1.29, 1.82) is 0 Å². The fourth-order valence-corrected chi connectivity index (χ4v) is 6.69. The normalized spacial score (nSPS) is 13.1. The zero-order chi connectivity index (χ0) is 37.2. The quantitative estimate of drug-likeness (QED) is 0.0267. The molecule has 0 spiro atoms. The van der Waals surface area contributed by atoms with Crippen LogP contribution in [-0.4, -0.2) is 70.0 Å². The van der Waals surface area contributed by atoms with Gasteiger partial charge in [-0.25, -0.2) is 0 Å². The van der Waals surface area contributed by atoms with Crippen LogP contribution in [0.15, 0.2) is 0 Å². The molecule has 0 saturated heterocycles. The molecular weight excluding hydrogens is 653 g/mol. The highest BCUT2D eigenvalue weighted by Crippen LogP contribution is 2.40. The number of esters is 2. The molecule has 0 aromatic carbocycles. The summed E-state index contributed by atoms with van der Waals surface area (Å²) < 4.78 is 34.0. The van der Waals surface area contributed by atoms with Gasteiger partial charge in [-0.2, -0.15) is 0 Å². The second-order valence-corrected chi connectivity index (χ2v) is 16.7. The lowest BCUT2D eigenvalue weighted by Gasteiger charge is -2.29. The Kier molecular flexibility index (Phi) is 33.2. The molecular formula is C40H80NO8P. The summed E-state index contributed by atoms with van der Waals surface area (Å²) >= 11 is 0. The Morgan fingerprint density at radius 3 is 1.14 bits per heavy atom. The number of carbonyl (C=O) groups excluding carboxylic acids is 2. The van der Waals surface area contributed by atoms with E-state index in [2.05, 4.69) is 13.8 Å². The van der Waals surface area contributed by atoms with Crippen molar-refractivity contribution in [3.05, 3.63) is 0 Å². The fourth-order valence-electron chi connectivity index (χ4n) is 5.84. The molecule has 50 heavy (non-hydrogen) atoms. The first-order valence-electron chi connectivity index (χ1n) is 20.7. The number of likely N-dealkylation sites (N-methyl/N-ethyl adjacent to an activating group) is 1. The van der Waals surface area contributed by atoms with E-state index in [1.165, 1.54) is 128 Å². The van der Waals surface area contributed by atoms with Crippen LogP contribution in [0.3, 0.4) is 0 Å². The Morgan fingerprint density at radius 1 is 0.540 bits per heavy atom. The Morgan fingerprint density at radius 2 is 0.840 bits per heavy atom. The standard InChI is InChI=1S/C40H80NO8P/c1-6-8-10-12-14-16-18-20-22-24-26-28-30-32-39(42)46-36-38(49-50(44,45)48-35-34-41(3,4)5)37-47-40(43)33-31-29-27-25-23-21-19-17-15-13-11-9-7-2/h38H,6-37H2,1-5H3. The third kappa shape index (κ3) is 36.8. The average molecular weight is 734 g/mol. The van der Waals surface area contributed by atoms with E-state index >= 15 is 0 Å². The van der Waals surface area contributed by atoms with Crippen molar-refractivity contribution in [2.24, 2.45) is 0 Å². The van der Waals surface area contributed by atoms with Gasteiger partial charge in [-0.15, -0.1) is 0 Å². The van der Waals surface area contributed by atoms with Gasteiger partial charge in [0.2, 0.25) is 0 Å². The summed E-state index contributed by atoms with van der Waals surface area (Å²) in [6, 6.07) is 0. The van der Waals surface area contributed by atoms with E-state index in [1.54, 1.807) is 0 Å². The lowest BCUT2D eigenvalue weighted by Crippen LogP contribution is -2.38. The maximum atomic E-state index is 12.5. The number of phosphoric ester groups is 1. The zero-order valence-corrected chi connectivity index (χ0v) is 34.3. The maximum absolute atomic E-state index is 12.5. The van der Waals surface area contributed by atoms with Crippen molar-refractivity contribution in [3.8, 4) is 0 Å². The van der Waals surface area contributed by atoms with Crippen molar-refractivity contribution in [2.75, 3.05) is 47.5 Å². The molecule has 0 amide bonds. The molecule has 0 aromatic rings. The van der Waals surface area contributed by atoms with E-state index in [4.69, 9.17) is 18.5 Å². The highest BCUT2D eigenvalue weighted by atomic mass is 31.2. The van der Waals surface area contributed by atoms with E-state index in [1.807, 2.05) is 21.1 Å². The van der Waals surface area contributed by atoms with E-state index in [9.17, 15) is 19.0 Å². The van der Waals surface area contributed by atoms with Crippen LogP contribution in [0.1, 0.15) is 194 Å². The topological polar surface area (TPSA) is 111 Å². The number of unbranched alkanes of at least 4 members (excludes halogenated alkanes) is 24. The van der Waals surface area contributed by atoms with Crippen molar-refractivity contribution >= 4 is 19.8 Å². The first-order chi connectivity index (χ1) is 24.0. The van der Waals surface area contributed by atoms with Crippen LogP contribution >= 0.6 is 7.82 Å². The summed E-state index contributed by atoms with van der Waals surface area (Å²) in [6.07, 6.45) is 31.1. The van der Waals surface area contributed by atoms with E-state index in [-0.39, 0.29) is 32.7 Å². The SMILES string of the molecule is CCCCCCCCCCCCCCCC(=O)OCC(COC(=O)CCCCCCCCCCCCCCC)OP(=O)([O-])OCC[N+](C)(C)C. The lowest BCUT2D eigenvalue weighted by atomic mass is 10.0. The number of ether oxygens (including phenoxy) is 2. The van der Waals surface area contributed by atoms with Crippen LogP contribution in [0.2, 0.25) is 0 Å². The molecule has 0 N–H and O–H groups in total. The largest absolute Gasteiger partial charge is 0.756 e. The summed E-state index contributed by atoms with van der Waals surface area (Å²) in [5.41, 5.74) is 0. The summed E-state index contributed by atoms with van der Waals surface area (Å²) in [6.45, 7) is 4.26. The third-order valence-corrected chi connectivity index (χ3v) is 10.2. The monoisotopic (exact) mass is 734 g/mol. The second-order valence-electron chi connectivity index (χ2n) is 15.4. The van der Waals surface area contributed by atoms with E-state index < -0.39 is 25.9 Å². The van der Waals surface area contributed by atoms with Crippen LogP contribution in [0.4, 0.5) is 0 Å². The van der Waals surface area contributed by atoms with E-state index in [0.29, 0.717) is 11.0 Å². The molecule has 0 aliphatic carbocycles. The zero-order valence-electron chi connectivity index (χ0n) is 33.4. The first-order valence-corrected chi connectivity index (χ1v) is 22.2. The minimum atomic E-state index is -4.70. The van der Waals surface area contributed by atoms with Gasteiger partial charge in [0.25, 0.3) is 7.82 Å². The van der Waals surface area contributed by atoms with Crippen LogP contribution in [0.25, 0.3) is 0 Å². The van der Waals surface area contributed by atoms with Crippen LogP contribution in [0, 0.1) is 0 Å². The molecule has 298 valence electrons. The molecule has 0 aromatic heterocycles. The van der Waals surface area contributed by atoms with Gasteiger partial charge in [-0.1, -0.05) is 168 Å². The van der Waals surface area contributed by atoms with Crippen LogP contribution in [-0.2, 0) is 32.7 Å². The molecule has 0 aliphatic heterocycles.